The number of aryl methyl sites for hydroxylation is 1. The molecule has 2 aromatic rings. The highest BCUT2D eigenvalue weighted by atomic mass is 16.5. The van der Waals surface area contributed by atoms with Crippen LogP contribution in [0, 0.1) is 0 Å². The highest BCUT2D eigenvalue weighted by Crippen LogP contribution is 2.29. The average molecular weight is 282 g/mol. The summed E-state index contributed by atoms with van der Waals surface area (Å²) >= 11 is 0. The second-order valence-corrected chi connectivity index (χ2v) is 5.44. The SMILES string of the molecule is CCNC(CCc1ccccn1)c1ccc2c(c1)CCO2. The van der Waals surface area contributed by atoms with Crippen molar-refractivity contribution in [3.63, 3.8) is 0 Å². The Balaban J connectivity index is 1.72. The van der Waals surface area contributed by atoms with E-state index in [1.54, 1.807) is 0 Å². The fraction of sp³-hybridized carbons (Fsp3) is 0.389. The van der Waals surface area contributed by atoms with Crippen LogP contribution in [0.4, 0.5) is 0 Å². The Morgan fingerprint density at radius 3 is 3.05 bits per heavy atom. The quantitative estimate of drug-likeness (QED) is 0.882. The van der Waals surface area contributed by atoms with Gasteiger partial charge in [-0.2, -0.15) is 0 Å². The first-order valence-corrected chi connectivity index (χ1v) is 7.75. The highest BCUT2D eigenvalue weighted by molar-refractivity contribution is 5.40. The number of hydrogen-bond acceptors (Lipinski definition) is 3. The summed E-state index contributed by atoms with van der Waals surface area (Å²) < 4.78 is 5.59. The van der Waals surface area contributed by atoms with E-state index in [1.165, 1.54) is 11.1 Å². The third-order valence-electron chi connectivity index (χ3n) is 3.98. The van der Waals surface area contributed by atoms with Gasteiger partial charge in [0.25, 0.3) is 0 Å². The number of fused-ring (bicyclic) bond motifs is 1. The van der Waals surface area contributed by atoms with E-state index in [-0.39, 0.29) is 0 Å². The van der Waals surface area contributed by atoms with E-state index in [0.717, 1.165) is 43.9 Å². The van der Waals surface area contributed by atoms with E-state index in [4.69, 9.17) is 4.74 Å². The summed E-state index contributed by atoms with van der Waals surface area (Å²) in [7, 11) is 0. The molecule has 0 amide bonds. The molecule has 1 aliphatic rings. The fourth-order valence-electron chi connectivity index (χ4n) is 2.89. The lowest BCUT2D eigenvalue weighted by molar-refractivity contribution is 0.356. The first-order chi connectivity index (χ1) is 10.4. The van der Waals surface area contributed by atoms with Gasteiger partial charge < -0.3 is 10.1 Å². The molecule has 1 aliphatic heterocycles. The predicted octanol–water partition coefficient (Wildman–Crippen LogP) is 3.30. The maximum absolute atomic E-state index is 5.59. The number of aromatic nitrogens is 1. The Hall–Kier alpha value is -1.87. The van der Waals surface area contributed by atoms with Gasteiger partial charge in [0, 0.05) is 24.4 Å². The van der Waals surface area contributed by atoms with Crippen LogP contribution in [-0.4, -0.2) is 18.1 Å². The van der Waals surface area contributed by atoms with Crippen LogP contribution in [0.1, 0.15) is 36.2 Å². The van der Waals surface area contributed by atoms with Gasteiger partial charge in [0.2, 0.25) is 0 Å². The van der Waals surface area contributed by atoms with E-state index in [2.05, 4.69) is 47.6 Å². The summed E-state index contributed by atoms with van der Waals surface area (Å²) in [5.41, 5.74) is 3.86. The molecule has 1 aromatic carbocycles. The predicted molar refractivity (Wildman–Crippen MR) is 84.6 cm³/mol. The number of rotatable bonds is 6. The minimum Gasteiger partial charge on any atom is -0.493 e. The number of hydrogen-bond donors (Lipinski definition) is 1. The second kappa shape index (κ2) is 6.72. The van der Waals surface area contributed by atoms with Crippen LogP contribution >= 0.6 is 0 Å². The molecule has 0 aliphatic carbocycles. The zero-order valence-corrected chi connectivity index (χ0v) is 12.5. The molecule has 3 heteroatoms. The van der Waals surface area contributed by atoms with Gasteiger partial charge in [0.15, 0.2) is 0 Å². The molecule has 1 N–H and O–H groups in total. The van der Waals surface area contributed by atoms with E-state index in [0.29, 0.717) is 6.04 Å². The maximum atomic E-state index is 5.59. The largest absolute Gasteiger partial charge is 0.493 e. The molecule has 1 aromatic heterocycles. The first-order valence-electron chi connectivity index (χ1n) is 7.75. The van der Waals surface area contributed by atoms with Crippen LogP contribution in [0.3, 0.4) is 0 Å². The van der Waals surface area contributed by atoms with E-state index in [1.807, 2.05) is 12.3 Å². The van der Waals surface area contributed by atoms with Gasteiger partial charge in [-0.05, 0) is 48.7 Å². The van der Waals surface area contributed by atoms with Crippen molar-refractivity contribution in [1.82, 2.24) is 10.3 Å². The number of benzene rings is 1. The van der Waals surface area contributed by atoms with Gasteiger partial charge in [0.1, 0.15) is 5.75 Å². The Morgan fingerprint density at radius 1 is 1.29 bits per heavy atom. The molecule has 21 heavy (non-hydrogen) atoms. The molecule has 0 saturated heterocycles. The second-order valence-electron chi connectivity index (χ2n) is 5.44. The molecular weight excluding hydrogens is 260 g/mol. The average Bonchev–Trinajstić information content (AvgIpc) is 3.00. The molecule has 0 fully saturated rings. The molecular formula is C18H22N2O. The van der Waals surface area contributed by atoms with Crippen LogP contribution in [0.15, 0.2) is 42.6 Å². The van der Waals surface area contributed by atoms with Crippen LogP contribution in [0.2, 0.25) is 0 Å². The van der Waals surface area contributed by atoms with E-state index >= 15 is 0 Å². The van der Waals surface area contributed by atoms with E-state index < -0.39 is 0 Å². The normalized spacial score (nSPS) is 14.5. The molecule has 0 spiro atoms. The van der Waals surface area contributed by atoms with Gasteiger partial charge >= 0.3 is 0 Å². The van der Waals surface area contributed by atoms with Crippen LogP contribution in [0.25, 0.3) is 0 Å². The summed E-state index contributed by atoms with van der Waals surface area (Å²) in [4.78, 5) is 4.41. The van der Waals surface area contributed by atoms with Crippen molar-refractivity contribution in [3.8, 4) is 5.75 Å². The van der Waals surface area contributed by atoms with Crippen molar-refractivity contribution in [3.05, 3.63) is 59.4 Å². The number of nitrogens with one attached hydrogen (secondary N) is 1. The smallest absolute Gasteiger partial charge is 0.122 e. The molecule has 1 atom stereocenters. The van der Waals surface area contributed by atoms with Crippen molar-refractivity contribution in [2.75, 3.05) is 13.2 Å². The van der Waals surface area contributed by atoms with Crippen LogP contribution in [-0.2, 0) is 12.8 Å². The summed E-state index contributed by atoms with van der Waals surface area (Å²) in [6.45, 7) is 3.95. The third kappa shape index (κ3) is 3.42. The number of pyridine rings is 1. The van der Waals surface area contributed by atoms with Gasteiger partial charge in [-0.3, -0.25) is 4.98 Å². The van der Waals surface area contributed by atoms with E-state index in [9.17, 15) is 0 Å². The number of ether oxygens (including phenoxy) is 1. The van der Waals surface area contributed by atoms with Gasteiger partial charge in [0.05, 0.1) is 6.61 Å². The molecule has 3 nitrogen and oxygen atoms in total. The third-order valence-corrected chi connectivity index (χ3v) is 3.98. The lowest BCUT2D eigenvalue weighted by Crippen LogP contribution is -2.21. The minimum atomic E-state index is 0.378. The molecule has 110 valence electrons. The Labute approximate surface area is 126 Å². The van der Waals surface area contributed by atoms with Gasteiger partial charge in [-0.25, -0.2) is 0 Å². The molecule has 0 saturated carbocycles. The van der Waals surface area contributed by atoms with Gasteiger partial charge in [-0.1, -0.05) is 25.1 Å². The summed E-state index contributed by atoms with van der Waals surface area (Å²) in [5.74, 6) is 1.05. The lowest BCUT2D eigenvalue weighted by Gasteiger charge is -2.19. The monoisotopic (exact) mass is 282 g/mol. The molecule has 1 unspecified atom stereocenters. The topological polar surface area (TPSA) is 34.2 Å². The maximum Gasteiger partial charge on any atom is 0.122 e. The Kier molecular flexibility index (Phi) is 4.51. The fourth-order valence-corrected chi connectivity index (χ4v) is 2.89. The standard InChI is InChI=1S/C18H22N2O/c1-2-19-17(8-7-16-5-3-4-11-20-16)14-6-9-18-15(13-14)10-12-21-18/h3-6,9,11,13,17,19H,2,7-8,10,12H2,1H3. The molecule has 0 bridgehead atoms. The summed E-state index contributed by atoms with van der Waals surface area (Å²) in [5, 5.41) is 3.59. The van der Waals surface area contributed by atoms with Crippen LogP contribution in [0.5, 0.6) is 5.75 Å². The summed E-state index contributed by atoms with van der Waals surface area (Å²) in [6, 6.07) is 13.1. The van der Waals surface area contributed by atoms with Crippen molar-refractivity contribution in [2.24, 2.45) is 0 Å². The summed E-state index contributed by atoms with van der Waals surface area (Å²) in [6.07, 6.45) is 4.95. The van der Waals surface area contributed by atoms with Crippen molar-refractivity contribution in [1.29, 1.82) is 0 Å². The van der Waals surface area contributed by atoms with Gasteiger partial charge in [-0.15, -0.1) is 0 Å². The van der Waals surface area contributed by atoms with Crippen LogP contribution < -0.4 is 10.1 Å². The molecule has 2 heterocycles. The zero-order chi connectivity index (χ0) is 14.5. The van der Waals surface area contributed by atoms with Crippen molar-refractivity contribution >= 4 is 0 Å². The Morgan fingerprint density at radius 2 is 2.24 bits per heavy atom. The van der Waals surface area contributed by atoms with Crippen molar-refractivity contribution < 1.29 is 4.74 Å². The van der Waals surface area contributed by atoms with Crippen molar-refractivity contribution in [2.45, 2.75) is 32.2 Å². The Bertz CT molecular complexity index is 583. The molecule has 3 rings (SSSR count). The lowest BCUT2D eigenvalue weighted by atomic mass is 9.98. The zero-order valence-electron chi connectivity index (χ0n) is 12.5. The first kappa shape index (κ1) is 14.1. The molecule has 0 radical (unpaired) electrons. The minimum absolute atomic E-state index is 0.378. The highest BCUT2D eigenvalue weighted by Gasteiger charge is 2.16. The number of nitrogens with zero attached hydrogens (tertiary/aromatic N) is 1.